The molecule has 0 bridgehead atoms. The van der Waals surface area contributed by atoms with E-state index in [9.17, 15) is 4.79 Å². The van der Waals surface area contributed by atoms with Gasteiger partial charge in [0.2, 0.25) is 0 Å². The van der Waals surface area contributed by atoms with Gasteiger partial charge in [-0.1, -0.05) is 18.2 Å². The first-order valence-electron chi connectivity index (χ1n) is 8.46. The van der Waals surface area contributed by atoms with Crippen LogP contribution in [0.15, 0.2) is 66.9 Å². The molecule has 0 fully saturated rings. The van der Waals surface area contributed by atoms with Gasteiger partial charge in [-0.3, -0.25) is 9.78 Å². The van der Waals surface area contributed by atoms with Crippen molar-refractivity contribution in [2.24, 2.45) is 0 Å². The van der Waals surface area contributed by atoms with E-state index < -0.39 is 0 Å². The number of benzene rings is 2. The van der Waals surface area contributed by atoms with Crippen LogP contribution in [0.2, 0.25) is 0 Å². The van der Waals surface area contributed by atoms with E-state index >= 15 is 0 Å². The maximum Gasteiger partial charge on any atom is 0.274 e. The lowest BCUT2D eigenvalue weighted by molar-refractivity contribution is 0.102. The predicted octanol–water partition coefficient (Wildman–Crippen LogP) is 4.35. The molecular weight excluding hydrogens is 340 g/mol. The SMILES string of the molecule is CCOc1ccccc1Nc1ccnc(C(=O)Nc2cccc(C#N)c2)c1. The van der Waals surface area contributed by atoms with Crippen molar-refractivity contribution in [2.45, 2.75) is 6.92 Å². The molecule has 1 aromatic heterocycles. The smallest absolute Gasteiger partial charge is 0.274 e. The van der Waals surface area contributed by atoms with Gasteiger partial charge >= 0.3 is 0 Å². The summed E-state index contributed by atoms with van der Waals surface area (Å²) in [6, 6.07) is 19.8. The number of pyridine rings is 1. The molecule has 0 atom stereocenters. The van der Waals surface area contributed by atoms with Gasteiger partial charge in [0, 0.05) is 17.6 Å². The Morgan fingerprint density at radius 3 is 2.78 bits per heavy atom. The molecule has 0 aliphatic carbocycles. The first kappa shape index (κ1) is 18.0. The van der Waals surface area contributed by atoms with Crippen LogP contribution in [0, 0.1) is 11.3 Å². The van der Waals surface area contributed by atoms with Crippen molar-refractivity contribution >= 4 is 23.0 Å². The second-order valence-electron chi connectivity index (χ2n) is 5.63. The van der Waals surface area contributed by atoms with Crippen LogP contribution in [0.1, 0.15) is 23.0 Å². The molecule has 0 saturated heterocycles. The number of anilines is 3. The zero-order valence-corrected chi connectivity index (χ0v) is 14.8. The number of carbonyl (C=O) groups is 1. The molecule has 27 heavy (non-hydrogen) atoms. The average Bonchev–Trinajstić information content (AvgIpc) is 2.70. The van der Waals surface area contributed by atoms with Gasteiger partial charge in [-0.15, -0.1) is 0 Å². The largest absolute Gasteiger partial charge is 0.492 e. The number of amides is 1. The lowest BCUT2D eigenvalue weighted by Gasteiger charge is -2.12. The molecule has 1 heterocycles. The second-order valence-corrected chi connectivity index (χ2v) is 5.63. The van der Waals surface area contributed by atoms with Gasteiger partial charge in [-0.25, -0.2) is 0 Å². The highest BCUT2D eigenvalue weighted by Gasteiger charge is 2.10. The van der Waals surface area contributed by atoms with E-state index in [-0.39, 0.29) is 11.6 Å². The number of hydrogen-bond acceptors (Lipinski definition) is 5. The Labute approximate surface area is 157 Å². The van der Waals surface area contributed by atoms with Crippen molar-refractivity contribution in [3.63, 3.8) is 0 Å². The zero-order valence-electron chi connectivity index (χ0n) is 14.8. The molecule has 2 aromatic carbocycles. The Balaban J connectivity index is 1.77. The Bertz CT molecular complexity index is 995. The fourth-order valence-electron chi connectivity index (χ4n) is 2.50. The first-order valence-corrected chi connectivity index (χ1v) is 8.46. The number of nitriles is 1. The van der Waals surface area contributed by atoms with Gasteiger partial charge in [-0.2, -0.15) is 5.26 Å². The van der Waals surface area contributed by atoms with Crippen molar-refractivity contribution in [1.29, 1.82) is 5.26 Å². The van der Waals surface area contributed by atoms with Crippen LogP contribution >= 0.6 is 0 Å². The molecule has 1 amide bonds. The number of aromatic nitrogens is 1. The van der Waals surface area contributed by atoms with Gasteiger partial charge in [-0.05, 0) is 49.4 Å². The molecule has 0 aliphatic heterocycles. The molecular formula is C21H18N4O2. The van der Waals surface area contributed by atoms with E-state index in [1.54, 1.807) is 42.6 Å². The molecule has 0 saturated carbocycles. The van der Waals surface area contributed by atoms with Crippen molar-refractivity contribution in [3.8, 4) is 11.8 Å². The fraction of sp³-hybridized carbons (Fsp3) is 0.0952. The molecule has 3 rings (SSSR count). The Morgan fingerprint density at radius 1 is 1.11 bits per heavy atom. The molecule has 0 spiro atoms. The molecule has 134 valence electrons. The van der Waals surface area contributed by atoms with Gasteiger partial charge < -0.3 is 15.4 Å². The average molecular weight is 358 g/mol. The van der Waals surface area contributed by atoms with Gasteiger partial charge in [0.25, 0.3) is 5.91 Å². The summed E-state index contributed by atoms with van der Waals surface area (Å²) in [5.74, 6) is 0.378. The lowest BCUT2D eigenvalue weighted by atomic mass is 10.2. The van der Waals surface area contributed by atoms with Gasteiger partial charge in [0.1, 0.15) is 11.4 Å². The van der Waals surface area contributed by atoms with Crippen LogP contribution in [0.4, 0.5) is 17.1 Å². The minimum absolute atomic E-state index is 0.260. The Hall–Kier alpha value is -3.85. The number of para-hydroxylation sites is 2. The van der Waals surface area contributed by atoms with Crippen LogP contribution in [0.25, 0.3) is 0 Å². The van der Waals surface area contributed by atoms with E-state index in [1.807, 2.05) is 37.3 Å². The number of ether oxygens (including phenoxy) is 1. The maximum atomic E-state index is 12.5. The quantitative estimate of drug-likeness (QED) is 0.684. The van der Waals surface area contributed by atoms with E-state index in [2.05, 4.69) is 15.6 Å². The van der Waals surface area contributed by atoms with Crippen LogP contribution in [-0.4, -0.2) is 17.5 Å². The minimum Gasteiger partial charge on any atom is -0.492 e. The fourth-order valence-corrected chi connectivity index (χ4v) is 2.50. The summed E-state index contributed by atoms with van der Waals surface area (Å²) >= 11 is 0. The van der Waals surface area contributed by atoms with Gasteiger partial charge in [0.05, 0.1) is 23.9 Å². The summed E-state index contributed by atoms with van der Waals surface area (Å²) in [4.78, 5) is 16.6. The topological polar surface area (TPSA) is 87.0 Å². The van der Waals surface area contributed by atoms with Gasteiger partial charge in [0.15, 0.2) is 0 Å². The van der Waals surface area contributed by atoms with Crippen molar-refractivity contribution < 1.29 is 9.53 Å². The monoisotopic (exact) mass is 358 g/mol. The van der Waals surface area contributed by atoms with Crippen molar-refractivity contribution in [2.75, 3.05) is 17.2 Å². The predicted molar refractivity (Wildman–Crippen MR) is 104 cm³/mol. The number of carbonyl (C=O) groups excluding carboxylic acids is 1. The van der Waals surface area contributed by atoms with E-state index in [4.69, 9.17) is 10.00 Å². The first-order chi connectivity index (χ1) is 13.2. The summed E-state index contributed by atoms with van der Waals surface area (Å²) in [5.41, 5.74) is 2.80. The molecule has 6 heteroatoms. The normalized spacial score (nSPS) is 9.93. The third kappa shape index (κ3) is 4.61. The number of rotatable bonds is 6. The number of nitrogens with zero attached hydrogens (tertiary/aromatic N) is 2. The molecule has 2 N–H and O–H groups in total. The number of hydrogen-bond donors (Lipinski definition) is 2. The highest BCUT2D eigenvalue weighted by Crippen LogP contribution is 2.27. The van der Waals surface area contributed by atoms with Crippen LogP contribution in [-0.2, 0) is 0 Å². The lowest BCUT2D eigenvalue weighted by Crippen LogP contribution is -2.14. The van der Waals surface area contributed by atoms with E-state index in [1.165, 1.54) is 0 Å². The Morgan fingerprint density at radius 2 is 1.96 bits per heavy atom. The Kier molecular flexibility index (Phi) is 5.65. The highest BCUT2D eigenvalue weighted by molar-refractivity contribution is 6.03. The summed E-state index contributed by atoms with van der Waals surface area (Å²) in [6.45, 7) is 2.48. The van der Waals surface area contributed by atoms with Crippen molar-refractivity contribution in [1.82, 2.24) is 4.98 Å². The summed E-state index contributed by atoms with van der Waals surface area (Å²) in [7, 11) is 0. The third-order valence-electron chi connectivity index (χ3n) is 3.71. The molecule has 0 radical (unpaired) electrons. The zero-order chi connectivity index (χ0) is 19.1. The third-order valence-corrected chi connectivity index (χ3v) is 3.71. The van der Waals surface area contributed by atoms with Crippen LogP contribution in [0.5, 0.6) is 5.75 Å². The standard InChI is InChI=1S/C21H18N4O2/c1-2-27-20-9-4-3-8-18(20)24-17-10-11-23-19(13-17)21(26)25-16-7-5-6-15(12-16)14-22/h3-13H,2H2,1H3,(H,23,24)(H,25,26). The van der Waals surface area contributed by atoms with Crippen molar-refractivity contribution in [3.05, 3.63) is 78.1 Å². The van der Waals surface area contributed by atoms with Crippen LogP contribution < -0.4 is 15.4 Å². The summed E-state index contributed by atoms with van der Waals surface area (Å²) < 4.78 is 5.60. The molecule has 0 unspecified atom stereocenters. The number of nitrogens with one attached hydrogen (secondary N) is 2. The molecule has 3 aromatic rings. The second kappa shape index (κ2) is 8.50. The highest BCUT2D eigenvalue weighted by atomic mass is 16.5. The van der Waals surface area contributed by atoms with Crippen LogP contribution in [0.3, 0.4) is 0 Å². The molecule has 0 aliphatic rings. The summed E-state index contributed by atoms with van der Waals surface area (Å²) in [6.07, 6.45) is 1.56. The maximum absolute atomic E-state index is 12.5. The summed E-state index contributed by atoms with van der Waals surface area (Å²) in [5, 5.41) is 15.0. The van der Waals surface area contributed by atoms with E-state index in [0.717, 1.165) is 11.4 Å². The molecule has 6 nitrogen and oxygen atoms in total. The minimum atomic E-state index is -0.355. The van der Waals surface area contributed by atoms with E-state index in [0.29, 0.717) is 23.5 Å².